The van der Waals surface area contributed by atoms with Crippen LogP contribution in [0.1, 0.15) is 5.56 Å². The third-order valence-electron chi connectivity index (χ3n) is 2.50. The minimum atomic E-state index is -3.70. The van der Waals surface area contributed by atoms with Gasteiger partial charge in [-0.25, -0.2) is 13.4 Å². The van der Waals surface area contributed by atoms with Gasteiger partial charge in [-0.3, -0.25) is 4.72 Å². The third-order valence-corrected chi connectivity index (χ3v) is 4.08. The Hall–Kier alpha value is -1.79. The van der Waals surface area contributed by atoms with Gasteiger partial charge < -0.3 is 5.73 Å². The minimum Gasteiger partial charge on any atom is -0.397 e. The molecule has 0 bridgehead atoms. The zero-order chi connectivity index (χ0) is 14.0. The summed E-state index contributed by atoms with van der Waals surface area (Å²) in [7, 11) is -3.70. The molecule has 0 saturated heterocycles. The van der Waals surface area contributed by atoms with E-state index in [0.717, 1.165) is 5.56 Å². The average molecular weight is 298 g/mol. The molecule has 0 atom stereocenters. The summed E-state index contributed by atoms with van der Waals surface area (Å²) in [6.07, 6.45) is 1.41. The Morgan fingerprint density at radius 2 is 2.05 bits per heavy atom. The van der Waals surface area contributed by atoms with Gasteiger partial charge in [-0.05, 0) is 36.8 Å². The molecule has 7 heteroatoms. The van der Waals surface area contributed by atoms with Crippen LogP contribution >= 0.6 is 11.6 Å². The number of aryl methyl sites for hydroxylation is 1. The fourth-order valence-corrected chi connectivity index (χ4v) is 2.75. The lowest BCUT2D eigenvalue weighted by Crippen LogP contribution is -2.14. The van der Waals surface area contributed by atoms with E-state index in [1.165, 1.54) is 18.3 Å². The van der Waals surface area contributed by atoms with Crippen molar-refractivity contribution in [3.63, 3.8) is 0 Å². The van der Waals surface area contributed by atoms with Crippen molar-refractivity contribution in [2.45, 2.75) is 11.8 Å². The highest BCUT2D eigenvalue weighted by Gasteiger charge is 2.15. The van der Waals surface area contributed by atoms with Gasteiger partial charge in [0, 0.05) is 5.02 Å². The molecule has 0 unspecified atom stereocenters. The topological polar surface area (TPSA) is 85.1 Å². The molecule has 2 rings (SSSR count). The van der Waals surface area contributed by atoms with E-state index in [1.54, 1.807) is 25.1 Å². The summed E-state index contributed by atoms with van der Waals surface area (Å²) < 4.78 is 26.6. The number of hydrogen-bond acceptors (Lipinski definition) is 4. The number of anilines is 2. The van der Waals surface area contributed by atoms with Crippen molar-refractivity contribution in [1.29, 1.82) is 0 Å². The summed E-state index contributed by atoms with van der Waals surface area (Å²) in [6.45, 7) is 1.77. The molecule has 0 saturated carbocycles. The van der Waals surface area contributed by atoms with Gasteiger partial charge in [0.25, 0.3) is 10.0 Å². The SMILES string of the molecule is Cc1cc(NS(=O)(=O)c2cccc(Cl)c2)ncc1N. The maximum Gasteiger partial charge on any atom is 0.263 e. The van der Waals surface area contributed by atoms with Crippen LogP contribution in [0.2, 0.25) is 5.02 Å². The van der Waals surface area contributed by atoms with E-state index >= 15 is 0 Å². The van der Waals surface area contributed by atoms with E-state index in [0.29, 0.717) is 10.7 Å². The average Bonchev–Trinajstić information content (AvgIpc) is 2.33. The summed E-state index contributed by atoms with van der Waals surface area (Å²) in [5.41, 5.74) is 6.88. The molecule has 0 amide bonds. The first-order valence-electron chi connectivity index (χ1n) is 5.39. The number of halogens is 1. The highest BCUT2D eigenvalue weighted by molar-refractivity contribution is 7.92. The largest absolute Gasteiger partial charge is 0.397 e. The number of nitrogens with zero attached hydrogens (tertiary/aromatic N) is 1. The standard InChI is InChI=1S/C12H12ClN3O2S/c1-8-5-12(15-7-11(8)14)16-19(17,18)10-4-2-3-9(13)6-10/h2-7H,14H2,1H3,(H,15,16). The van der Waals surface area contributed by atoms with Crippen LogP contribution in [-0.4, -0.2) is 13.4 Å². The van der Waals surface area contributed by atoms with Crippen LogP contribution in [-0.2, 0) is 10.0 Å². The highest BCUT2D eigenvalue weighted by Crippen LogP contribution is 2.20. The Bertz CT molecular complexity index is 717. The van der Waals surface area contributed by atoms with Crippen molar-refractivity contribution in [3.8, 4) is 0 Å². The van der Waals surface area contributed by atoms with Crippen molar-refractivity contribution in [3.05, 3.63) is 47.1 Å². The van der Waals surface area contributed by atoms with Gasteiger partial charge >= 0.3 is 0 Å². The molecule has 0 spiro atoms. The highest BCUT2D eigenvalue weighted by atomic mass is 35.5. The normalized spacial score (nSPS) is 11.3. The van der Waals surface area contributed by atoms with Gasteiger partial charge in [0.1, 0.15) is 5.82 Å². The quantitative estimate of drug-likeness (QED) is 0.911. The molecular formula is C12H12ClN3O2S. The van der Waals surface area contributed by atoms with E-state index in [4.69, 9.17) is 17.3 Å². The first kappa shape index (κ1) is 13.6. The zero-order valence-corrected chi connectivity index (χ0v) is 11.7. The number of rotatable bonds is 3. The molecule has 0 aliphatic heterocycles. The first-order chi connectivity index (χ1) is 8.88. The lowest BCUT2D eigenvalue weighted by Gasteiger charge is -2.09. The summed E-state index contributed by atoms with van der Waals surface area (Å²) >= 11 is 5.78. The molecule has 19 heavy (non-hydrogen) atoms. The second-order valence-corrected chi connectivity index (χ2v) is 6.11. The number of nitrogens with two attached hydrogens (primary N) is 1. The Labute approximate surface area is 116 Å². The number of aromatic nitrogens is 1. The first-order valence-corrected chi connectivity index (χ1v) is 7.25. The van der Waals surface area contributed by atoms with Gasteiger partial charge in [-0.2, -0.15) is 0 Å². The number of pyridine rings is 1. The molecule has 0 fully saturated rings. The van der Waals surface area contributed by atoms with Gasteiger partial charge in [-0.15, -0.1) is 0 Å². The Morgan fingerprint density at radius 1 is 1.32 bits per heavy atom. The summed E-state index contributed by atoms with van der Waals surface area (Å²) in [4.78, 5) is 4.00. The van der Waals surface area contributed by atoms with Gasteiger partial charge in [-0.1, -0.05) is 17.7 Å². The van der Waals surface area contributed by atoms with Gasteiger partial charge in [0.2, 0.25) is 0 Å². The predicted molar refractivity (Wildman–Crippen MR) is 75.6 cm³/mol. The fraction of sp³-hybridized carbons (Fsp3) is 0.0833. The zero-order valence-electron chi connectivity index (χ0n) is 10.1. The van der Waals surface area contributed by atoms with Crippen molar-refractivity contribution in [2.24, 2.45) is 0 Å². The lowest BCUT2D eigenvalue weighted by atomic mass is 10.2. The smallest absolute Gasteiger partial charge is 0.263 e. The van der Waals surface area contributed by atoms with Crippen LogP contribution in [0.5, 0.6) is 0 Å². The van der Waals surface area contributed by atoms with Crippen LogP contribution in [0.15, 0.2) is 41.4 Å². The van der Waals surface area contributed by atoms with Crippen molar-refractivity contribution in [2.75, 3.05) is 10.5 Å². The molecule has 0 aliphatic carbocycles. The second-order valence-electron chi connectivity index (χ2n) is 3.99. The monoisotopic (exact) mass is 297 g/mol. The molecular weight excluding hydrogens is 286 g/mol. The molecule has 3 N–H and O–H groups in total. The van der Waals surface area contributed by atoms with Crippen LogP contribution < -0.4 is 10.5 Å². The van der Waals surface area contributed by atoms with Gasteiger partial charge in [0.05, 0.1) is 16.8 Å². The Morgan fingerprint density at radius 3 is 2.68 bits per heavy atom. The maximum atomic E-state index is 12.1. The van der Waals surface area contributed by atoms with Crippen LogP contribution in [0.25, 0.3) is 0 Å². The predicted octanol–water partition coefficient (Wildman–Crippen LogP) is 2.43. The van der Waals surface area contributed by atoms with E-state index in [-0.39, 0.29) is 10.7 Å². The third kappa shape index (κ3) is 3.15. The molecule has 100 valence electrons. The molecule has 0 aliphatic rings. The minimum absolute atomic E-state index is 0.0799. The van der Waals surface area contributed by atoms with E-state index in [2.05, 4.69) is 9.71 Å². The number of benzene rings is 1. The van der Waals surface area contributed by atoms with Crippen molar-refractivity contribution >= 4 is 33.1 Å². The van der Waals surface area contributed by atoms with Crippen LogP contribution in [0.3, 0.4) is 0 Å². The lowest BCUT2D eigenvalue weighted by molar-refractivity contribution is 0.601. The molecule has 5 nitrogen and oxygen atoms in total. The number of sulfonamides is 1. The summed E-state index contributed by atoms with van der Waals surface area (Å²) in [6, 6.07) is 7.56. The molecule has 1 aromatic heterocycles. The maximum absolute atomic E-state index is 12.1. The van der Waals surface area contributed by atoms with E-state index in [9.17, 15) is 8.42 Å². The fourth-order valence-electron chi connectivity index (χ4n) is 1.45. The molecule has 2 aromatic rings. The van der Waals surface area contributed by atoms with Crippen LogP contribution in [0, 0.1) is 6.92 Å². The van der Waals surface area contributed by atoms with Crippen molar-refractivity contribution < 1.29 is 8.42 Å². The Kier molecular flexibility index (Phi) is 3.64. The van der Waals surface area contributed by atoms with E-state index < -0.39 is 10.0 Å². The molecule has 1 heterocycles. The number of hydrogen-bond donors (Lipinski definition) is 2. The van der Waals surface area contributed by atoms with Gasteiger partial charge in [0.15, 0.2) is 0 Å². The number of nitrogens with one attached hydrogen (secondary N) is 1. The summed E-state index contributed by atoms with van der Waals surface area (Å²) in [5, 5.41) is 0.351. The van der Waals surface area contributed by atoms with Crippen molar-refractivity contribution in [1.82, 2.24) is 4.98 Å². The van der Waals surface area contributed by atoms with Crippen LogP contribution in [0.4, 0.5) is 11.5 Å². The van der Waals surface area contributed by atoms with E-state index in [1.807, 2.05) is 0 Å². The molecule has 1 aromatic carbocycles. The summed E-state index contributed by atoms with van der Waals surface area (Å²) in [5.74, 6) is 0.215. The Balaban J connectivity index is 2.33. The molecule has 0 radical (unpaired) electrons. The second kappa shape index (κ2) is 5.07. The number of nitrogen functional groups attached to an aromatic ring is 1.